The molecule has 2 rings (SSSR count). The van der Waals surface area contributed by atoms with Crippen LogP contribution in [0, 0.1) is 12.8 Å². The Kier molecular flexibility index (Phi) is 4.76. The van der Waals surface area contributed by atoms with Crippen LogP contribution in [0.15, 0.2) is 24.3 Å². The van der Waals surface area contributed by atoms with Crippen molar-refractivity contribution in [1.82, 2.24) is 5.32 Å². The molecule has 1 amide bonds. The van der Waals surface area contributed by atoms with E-state index in [1.807, 2.05) is 20.8 Å². The van der Waals surface area contributed by atoms with Crippen LogP contribution in [0.2, 0.25) is 0 Å². The summed E-state index contributed by atoms with van der Waals surface area (Å²) in [6.07, 6.45) is 0.778. The number of amides is 1. The van der Waals surface area contributed by atoms with Gasteiger partial charge in [0.15, 0.2) is 0 Å². The third-order valence-corrected chi connectivity index (χ3v) is 3.59. The molecule has 1 aliphatic heterocycles. The second-order valence-corrected chi connectivity index (χ2v) is 6.82. The van der Waals surface area contributed by atoms with Crippen LogP contribution in [0.5, 0.6) is 0 Å². The molecule has 0 spiro atoms. The number of carbonyl (C=O) groups excluding carboxylic acids is 1. The molecule has 0 bridgehead atoms. The highest BCUT2D eigenvalue weighted by Crippen LogP contribution is 2.24. The molecule has 0 radical (unpaired) electrons. The molecule has 0 aliphatic carbocycles. The quantitative estimate of drug-likeness (QED) is 0.928. The van der Waals surface area contributed by atoms with Gasteiger partial charge in [-0.2, -0.15) is 0 Å². The molecule has 1 aliphatic rings. The van der Waals surface area contributed by atoms with Crippen molar-refractivity contribution in [3.05, 3.63) is 29.8 Å². The van der Waals surface area contributed by atoms with Gasteiger partial charge in [0.2, 0.25) is 0 Å². The predicted molar refractivity (Wildman–Crippen MR) is 85.7 cm³/mol. The molecule has 1 saturated heterocycles. The van der Waals surface area contributed by atoms with Crippen molar-refractivity contribution in [1.29, 1.82) is 0 Å². The Labute approximate surface area is 127 Å². The summed E-state index contributed by atoms with van der Waals surface area (Å²) in [6.45, 7) is 10.5. The number of carbonyl (C=O) groups is 1. The highest BCUT2D eigenvalue weighted by molar-refractivity contribution is 5.67. The topological polar surface area (TPSA) is 41.6 Å². The molecule has 4 heteroatoms. The lowest BCUT2D eigenvalue weighted by Gasteiger charge is -2.21. The van der Waals surface area contributed by atoms with E-state index < -0.39 is 5.60 Å². The first-order valence-electron chi connectivity index (χ1n) is 7.62. The van der Waals surface area contributed by atoms with Gasteiger partial charge in [0.1, 0.15) is 5.60 Å². The van der Waals surface area contributed by atoms with Gasteiger partial charge in [0.25, 0.3) is 0 Å². The minimum atomic E-state index is -0.437. The van der Waals surface area contributed by atoms with Gasteiger partial charge in [0, 0.05) is 25.3 Å². The predicted octanol–water partition coefficient (Wildman–Crippen LogP) is 3.35. The summed E-state index contributed by atoms with van der Waals surface area (Å²) in [6, 6.07) is 8.57. The molecule has 1 heterocycles. The van der Waals surface area contributed by atoms with E-state index in [0.29, 0.717) is 12.5 Å². The number of nitrogens with zero attached hydrogens (tertiary/aromatic N) is 1. The number of hydrogen-bond acceptors (Lipinski definition) is 3. The van der Waals surface area contributed by atoms with Crippen LogP contribution in [-0.2, 0) is 4.74 Å². The number of nitrogens with one attached hydrogen (secondary N) is 1. The standard InChI is InChI=1S/C17H26N2O2/c1-13-6-5-7-15(10-13)19-9-8-14(12-19)11-18-16(20)21-17(2,3)4/h5-7,10,14H,8-9,11-12H2,1-4H3,(H,18,20). The Balaban J connectivity index is 1.79. The first-order valence-corrected chi connectivity index (χ1v) is 7.62. The lowest BCUT2D eigenvalue weighted by Crippen LogP contribution is -2.36. The fourth-order valence-corrected chi connectivity index (χ4v) is 2.60. The van der Waals surface area contributed by atoms with Crippen LogP contribution in [0.1, 0.15) is 32.8 Å². The van der Waals surface area contributed by atoms with Gasteiger partial charge in [0.05, 0.1) is 0 Å². The van der Waals surface area contributed by atoms with E-state index in [1.54, 1.807) is 0 Å². The Bertz CT molecular complexity index is 494. The first-order chi connectivity index (χ1) is 9.83. The number of rotatable bonds is 3. The fraction of sp³-hybridized carbons (Fsp3) is 0.588. The Hall–Kier alpha value is -1.71. The number of ether oxygens (including phenoxy) is 1. The van der Waals surface area contributed by atoms with Crippen LogP contribution in [-0.4, -0.2) is 31.3 Å². The van der Waals surface area contributed by atoms with Gasteiger partial charge in [-0.05, 0) is 57.7 Å². The van der Waals surface area contributed by atoms with Crippen LogP contribution in [0.4, 0.5) is 10.5 Å². The molecular weight excluding hydrogens is 264 g/mol. The van der Waals surface area contributed by atoms with Crippen molar-refractivity contribution in [2.45, 2.75) is 39.7 Å². The van der Waals surface area contributed by atoms with Crippen LogP contribution >= 0.6 is 0 Å². The van der Waals surface area contributed by atoms with Gasteiger partial charge < -0.3 is 15.0 Å². The summed E-state index contributed by atoms with van der Waals surface area (Å²) in [5.74, 6) is 0.484. The van der Waals surface area contributed by atoms with Crippen molar-refractivity contribution < 1.29 is 9.53 Å². The number of hydrogen-bond donors (Lipinski definition) is 1. The average Bonchev–Trinajstić information content (AvgIpc) is 2.83. The van der Waals surface area contributed by atoms with Gasteiger partial charge in [-0.3, -0.25) is 0 Å². The highest BCUT2D eigenvalue weighted by Gasteiger charge is 2.24. The lowest BCUT2D eigenvalue weighted by atomic mass is 10.1. The van der Waals surface area contributed by atoms with E-state index in [9.17, 15) is 4.79 Å². The number of benzene rings is 1. The van der Waals surface area contributed by atoms with Crippen molar-refractivity contribution in [2.24, 2.45) is 5.92 Å². The molecule has 1 N–H and O–H groups in total. The van der Waals surface area contributed by atoms with Gasteiger partial charge >= 0.3 is 6.09 Å². The van der Waals surface area contributed by atoms with Gasteiger partial charge in [-0.1, -0.05) is 12.1 Å². The summed E-state index contributed by atoms with van der Waals surface area (Å²) >= 11 is 0. The van der Waals surface area contributed by atoms with E-state index >= 15 is 0 Å². The van der Waals surface area contributed by atoms with Crippen molar-refractivity contribution >= 4 is 11.8 Å². The highest BCUT2D eigenvalue weighted by atomic mass is 16.6. The zero-order valence-corrected chi connectivity index (χ0v) is 13.5. The zero-order chi connectivity index (χ0) is 15.5. The molecule has 1 atom stereocenters. The Morgan fingerprint density at radius 1 is 1.43 bits per heavy atom. The minimum absolute atomic E-state index is 0.323. The molecule has 1 fully saturated rings. The van der Waals surface area contributed by atoms with Crippen molar-refractivity contribution in [3.63, 3.8) is 0 Å². The molecule has 0 aromatic heterocycles. The molecule has 21 heavy (non-hydrogen) atoms. The minimum Gasteiger partial charge on any atom is -0.444 e. The molecule has 0 saturated carbocycles. The van der Waals surface area contributed by atoms with Crippen molar-refractivity contribution in [3.8, 4) is 0 Å². The molecular formula is C17H26N2O2. The van der Waals surface area contributed by atoms with E-state index in [0.717, 1.165) is 19.5 Å². The molecule has 1 aromatic rings. The maximum Gasteiger partial charge on any atom is 0.407 e. The van der Waals surface area contributed by atoms with E-state index in [1.165, 1.54) is 11.3 Å². The maximum atomic E-state index is 11.7. The number of anilines is 1. The normalized spacial score (nSPS) is 18.7. The molecule has 116 valence electrons. The average molecular weight is 290 g/mol. The Morgan fingerprint density at radius 3 is 2.86 bits per heavy atom. The zero-order valence-electron chi connectivity index (χ0n) is 13.5. The fourth-order valence-electron chi connectivity index (χ4n) is 2.60. The van der Waals surface area contributed by atoms with E-state index in [4.69, 9.17) is 4.74 Å². The largest absolute Gasteiger partial charge is 0.444 e. The first kappa shape index (κ1) is 15.7. The summed E-state index contributed by atoms with van der Waals surface area (Å²) in [7, 11) is 0. The van der Waals surface area contributed by atoms with E-state index in [-0.39, 0.29) is 6.09 Å². The second-order valence-electron chi connectivity index (χ2n) is 6.82. The summed E-state index contributed by atoms with van der Waals surface area (Å²) < 4.78 is 5.26. The summed E-state index contributed by atoms with van der Waals surface area (Å²) in [5.41, 5.74) is 2.12. The summed E-state index contributed by atoms with van der Waals surface area (Å²) in [5, 5.41) is 2.88. The van der Waals surface area contributed by atoms with Gasteiger partial charge in [-0.15, -0.1) is 0 Å². The molecule has 4 nitrogen and oxygen atoms in total. The number of aryl methyl sites for hydroxylation is 1. The van der Waals surface area contributed by atoms with Crippen LogP contribution < -0.4 is 10.2 Å². The Morgan fingerprint density at radius 2 is 2.19 bits per heavy atom. The van der Waals surface area contributed by atoms with Crippen LogP contribution in [0.3, 0.4) is 0 Å². The third-order valence-electron chi connectivity index (χ3n) is 3.59. The maximum absolute atomic E-state index is 11.7. The van der Waals surface area contributed by atoms with Crippen LogP contribution in [0.25, 0.3) is 0 Å². The SMILES string of the molecule is Cc1cccc(N2CCC(CNC(=O)OC(C)(C)C)C2)c1. The van der Waals surface area contributed by atoms with Crippen molar-refractivity contribution in [2.75, 3.05) is 24.5 Å². The molecule has 1 aromatic carbocycles. The van der Waals surface area contributed by atoms with E-state index in [2.05, 4.69) is 41.4 Å². The number of alkyl carbamates (subject to hydrolysis) is 1. The second kappa shape index (κ2) is 6.37. The lowest BCUT2D eigenvalue weighted by molar-refractivity contribution is 0.0520. The monoisotopic (exact) mass is 290 g/mol. The van der Waals surface area contributed by atoms with Gasteiger partial charge in [-0.25, -0.2) is 4.79 Å². The third kappa shape index (κ3) is 4.96. The molecule has 1 unspecified atom stereocenters. The summed E-state index contributed by atoms with van der Waals surface area (Å²) in [4.78, 5) is 14.0. The smallest absolute Gasteiger partial charge is 0.407 e.